The van der Waals surface area contributed by atoms with Crippen LogP contribution in [0.2, 0.25) is 0 Å². The predicted molar refractivity (Wildman–Crippen MR) is 219 cm³/mol. The Balaban J connectivity index is 1.19. The molecule has 2 aliphatic carbocycles. The Kier molecular flexibility index (Phi) is 12.0. The highest BCUT2D eigenvalue weighted by atomic mass is 16.2. The number of allylic oxidation sites excluding steroid dienone is 8. The lowest BCUT2D eigenvalue weighted by Gasteiger charge is -2.33. The molecule has 0 spiro atoms. The third-order valence-corrected chi connectivity index (χ3v) is 13.6. The molecule has 4 unspecified atom stereocenters. The van der Waals surface area contributed by atoms with Gasteiger partial charge in [-0.05, 0) is 98.0 Å². The molecular weight excluding hydrogens is 669 g/mol. The maximum absolute atomic E-state index is 13.8. The zero-order valence-electron chi connectivity index (χ0n) is 35.5. The van der Waals surface area contributed by atoms with E-state index < -0.39 is 0 Å². The van der Waals surface area contributed by atoms with Crippen molar-refractivity contribution in [2.45, 2.75) is 148 Å². The van der Waals surface area contributed by atoms with Crippen molar-refractivity contribution < 1.29 is 19.2 Å². The van der Waals surface area contributed by atoms with Crippen molar-refractivity contribution in [3.8, 4) is 0 Å². The fraction of sp³-hybridized carbons (Fsp3) is 0.625. The highest BCUT2D eigenvalue weighted by Gasteiger charge is 2.51. The summed E-state index contributed by atoms with van der Waals surface area (Å²) in [6.07, 6.45) is 15.6. The third kappa shape index (κ3) is 8.95. The number of hydrogen-bond acceptors (Lipinski definition) is 4. The van der Waals surface area contributed by atoms with Gasteiger partial charge in [-0.1, -0.05) is 140 Å². The summed E-state index contributed by atoms with van der Waals surface area (Å²) in [6.45, 7) is 27.3. The van der Waals surface area contributed by atoms with Crippen LogP contribution in [0.15, 0.2) is 70.9 Å². The molecule has 0 N–H and O–H groups in total. The molecule has 6 nitrogen and oxygen atoms in total. The number of benzene rings is 1. The number of amides is 4. The summed E-state index contributed by atoms with van der Waals surface area (Å²) in [7, 11) is 0. The van der Waals surface area contributed by atoms with Gasteiger partial charge in [0.15, 0.2) is 0 Å². The summed E-state index contributed by atoms with van der Waals surface area (Å²) < 4.78 is 0. The molecule has 4 aliphatic rings. The molecule has 2 saturated heterocycles. The SMILES string of the molecule is C/C(=C\CCC(C)(C)C1=CCC2C(=O)N(Cc3cccc(CN4C(=O)C5CC=C(C(C)(C)CC/C=C(\C)C(C)(C)C)CC5C4=O)c3)C(=O)C2C1)C(C)(C)C. The number of imide groups is 2. The molecule has 0 bridgehead atoms. The number of hydrogen-bond donors (Lipinski definition) is 0. The molecule has 0 radical (unpaired) electrons. The lowest BCUT2D eigenvalue weighted by Crippen LogP contribution is -2.31. The summed E-state index contributed by atoms with van der Waals surface area (Å²) in [4.78, 5) is 57.8. The van der Waals surface area contributed by atoms with E-state index >= 15 is 0 Å². The van der Waals surface area contributed by atoms with Crippen molar-refractivity contribution in [2.75, 3.05) is 0 Å². The minimum Gasteiger partial charge on any atom is -0.278 e. The number of nitrogens with zero attached hydrogens (tertiary/aromatic N) is 2. The first-order chi connectivity index (χ1) is 25.0. The number of carbonyl (C=O) groups is 4. The Morgan fingerprint density at radius 2 is 0.944 bits per heavy atom. The van der Waals surface area contributed by atoms with Crippen molar-refractivity contribution in [2.24, 2.45) is 45.3 Å². The van der Waals surface area contributed by atoms with Crippen LogP contribution in [0, 0.1) is 45.3 Å². The second kappa shape index (κ2) is 15.5. The van der Waals surface area contributed by atoms with Crippen molar-refractivity contribution in [3.63, 3.8) is 0 Å². The number of carbonyl (C=O) groups excluding carboxylic acids is 4. The van der Waals surface area contributed by atoms with Gasteiger partial charge >= 0.3 is 0 Å². The Bertz CT molecular complexity index is 1650. The molecule has 2 aliphatic heterocycles. The molecule has 6 heteroatoms. The van der Waals surface area contributed by atoms with Crippen molar-refractivity contribution in [1.82, 2.24) is 9.80 Å². The van der Waals surface area contributed by atoms with Crippen LogP contribution in [0.5, 0.6) is 0 Å². The minimum atomic E-state index is -0.317. The molecule has 2 heterocycles. The first-order valence-corrected chi connectivity index (χ1v) is 20.5. The van der Waals surface area contributed by atoms with Crippen LogP contribution in [-0.4, -0.2) is 33.4 Å². The van der Waals surface area contributed by atoms with E-state index in [1.807, 2.05) is 24.3 Å². The van der Waals surface area contributed by atoms with Crippen LogP contribution < -0.4 is 0 Å². The molecule has 54 heavy (non-hydrogen) atoms. The van der Waals surface area contributed by atoms with Gasteiger partial charge < -0.3 is 0 Å². The van der Waals surface area contributed by atoms with E-state index in [4.69, 9.17) is 0 Å². The van der Waals surface area contributed by atoms with E-state index in [-0.39, 0.29) is 82.0 Å². The summed E-state index contributed by atoms with van der Waals surface area (Å²) in [6, 6.07) is 7.70. The molecule has 0 saturated carbocycles. The van der Waals surface area contributed by atoms with Gasteiger partial charge in [-0.2, -0.15) is 0 Å². The Hall–Kier alpha value is -3.54. The fourth-order valence-electron chi connectivity index (χ4n) is 8.72. The quantitative estimate of drug-likeness (QED) is 0.158. The second-order valence-corrected chi connectivity index (χ2v) is 20.2. The summed E-state index contributed by atoms with van der Waals surface area (Å²) in [5.41, 5.74) is 7.22. The maximum atomic E-state index is 13.8. The van der Waals surface area contributed by atoms with Gasteiger partial charge in [0.2, 0.25) is 23.6 Å². The smallest absolute Gasteiger partial charge is 0.233 e. The predicted octanol–water partition coefficient (Wildman–Crippen LogP) is 10.9. The van der Waals surface area contributed by atoms with E-state index in [0.29, 0.717) is 25.7 Å². The summed E-state index contributed by atoms with van der Waals surface area (Å²) >= 11 is 0. The molecule has 294 valence electrons. The number of rotatable bonds is 12. The van der Waals surface area contributed by atoms with Gasteiger partial charge in [-0.3, -0.25) is 29.0 Å². The van der Waals surface area contributed by atoms with E-state index in [1.54, 1.807) is 0 Å². The molecule has 4 amide bonds. The van der Waals surface area contributed by atoms with Crippen molar-refractivity contribution in [3.05, 3.63) is 82.0 Å². The number of likely N-dealkylation sites (tertiary alicyclic amines) is 2. The first-order valence-electron chi connectivity index (χ1n) is 20.5. The van der Waals surface area contributed by atoms with Crippen LogP contribution in [0.3, 0.4) is 0 Å². The molecule has 0 aromatic heterocycles. The Morgan fingerprint density at radius 1 is 0.593 bits per heavy atom. The molecule has 4 atom stereocenters. The van der Waals surface area contributed by atoms with Crippen LogP contribution >= 0.6 is 0 Å². The third-order valence-electron chi connectivity index (χ3n) is 13.6. The zero-order valence-corrected chi connectivity index (χ0v) is 35.5. The van der Waals surface area contributed by atoms with Crippen LogP contribution in [-0.2, 0) is 32.3 Å². The normalized spacial score (nSPS) is 24.6. The molecule has 2 fully saturated rings. The largest absolute Gasteiger partial charge is 0.278 e. The second-order valence-electron chi connectivity index (χ2n) is 20.2. The zero-order chi connectivity index (χ0) is 40.0. The Morgan fingerprint density at radius 3 is 1.30 bits per heavy atom. The van der Waals surface area contributed by atoms with Crippen LogP contribution in [0.1, 0.15) is 146 Å². The van der Waals surface area contributed by atoms with Crippen LogP contribution in [0.4, 0.5) is 0 Å². The van der Waals surface area contributed by atoms with Crippen LogP contribution in [0.25, 0.3) is 0 Å². The Labute approximate surface area is 326 Å². The molecule has 1 aromatic carbocycles. The highest BCUT2D eigenvalue weighted by molar-refractivity contribution is 6.06. The van der Waals surface area contributed by atoms with Gasteiger partial charge in [-0.15, -0.1) is 0 Å². The van der Waals surface area contributed by atoms with Crippen molar-refractivity contribution >= 4 is 23.6 Å². The van der Waals surface area contributed by atoms with E-state index in [1.165, 1.54) is 32.1 Å². The standard InChI is InChI=1S/C48H68N2O4/c1-31(45(3,4)5)16-14-24-47(9,10)35-20-22-37-39(27-35)43(53)49(41(37)51)29-33-18-13-19-34(26-33)30-50-42(52)38-23-21-36(28-40(38)44(50)54)48(11,12)25-15-17-32(2)46(6,7)8/h13,16-21,26,37-40H,14-15,22-25,27-30H2,1-12H3/b31-16+,32-17+. The summed E-state index contributed by atoms with van der Waals surface area (Å²) in [5, 5.41) is 0. The highest BCUT2D eigenvalue weighted by Crippen LogP contribution is 2.47. The average molecular weight is 737 g/mol. The van der Waals surface area contributed by atoms with Crippen molar-refractivity contribution in [1.29, 1.82) is 0 Å². The molecular formula is C48H68N2O4. The van der Waals surface area contributed by atoms with E-state index in [0.717, 1.165) is 36.8 Å². The van der Waals surface area contributed by atoms with Gasteiger partial charge in [0.05, 0.1) is 36.8 Å². The van der Waals surface area contributed by atoms with E-state index in [9.17, 15) is 19.2 Å². The minimum absolute atomic E-state index is 0.0524. The summed E-state index contributed by atoms with van der Waals surface area (Å²) in [5.74, 6) is -1.59. The molecule has 1 aromatic rings. The van der Waals surface area contributed by atoms with Gasteiger partial charge in [0.25, 0.3) is 0 Å². The van der Waals surface area contributed by atoms with E-state index in [2.05, 4.69) is 107 Å². The first kappa shape index (κ1) is 41.6. The average Bonchev–Trinajstić information content (AvgIpc) is 3.46. The lowest BCUT2D eigenvalue weighted by atomic mass is 9.70. The fourth-order valence-corrected chi connectivity index (χ4v) is 8.72. The lowest BCUT2D eigenvalue weighted by molar-refractivity contribution is -0.142. The monoisotopic (exact) mass is 737 g/mol. The number of fused-ring (bicyclic) bond motifs is 2. The van der Waals surface area contributed by atoms with Gasteiger partial charge in [0.1, 0.15) is 0 Å². The topological polar surface area (TPSA) is 74.8 Å². The maximum Gasteiger partial charge on any atom is 0.233 e. The van der Waals surface area contributed by atoms with Gasteiger partial charge in [0, 0.05) is 0 Å². The molecule has 5 rings (SSSR count). The van der Waals surface area contributed by atoms with Gasteiger partial charge in [-0.25, -0.2) is 0 Å².